The summed E-state index contributed by atoms with van der Waals surface area (Å²) in [6.07, 6.45) is 0. The fourth-order valence-corrected chi connectivity index (χ4v) is 2.58. The largest absolute Gasteiger partial charge is 0.457 e. The van der Waals surface area contributed by atoms with Gasteiger partial charge in [0.25, 0.3) is 0 Å². The number of rotatable bonds is 3. The van der Waals surface area contributed by atoms with Crippen LogP contribution < -0.4 is 5.73 Å². The molecule has 21 heavy (non-hydrogen) atoms. The minimum atomic E-state index is -0.539. The molecular weight excluding hydrogens is 405 g/mol. The van der Waals surface area contributed by atoms with Gasteiger partial charge in [-0.2, -0.15) is 0 Å². The van der Waals surface area contributed by atoms with E-state index < -0.39 is 11.8 Å². The Labute approximate surface area is 138 Å². The van der Waals surface area contributed by atoms with Gasteiger partial charge in [0.05, 0.1) is 5.56 Å². The quantitative estimate of drug-likeness (QED) is 0.587. The first-order chi connectivity index (χ1) is 9.88. The number of benzene rings is 2. The smallest absolute Gasteiger partial charge is 0.338 e. The highest BCUT2D eigenvalue weighted by molar-refractivity contribution is 9.10. The highest BCUT2D eigenvalue weighted by Crippen LogP contribution is 2.24. The highest BCUT2D eigenvalue weighted by Gasteiger charge is 2.14. The first kappa shape index (κ1) is 16.0. The van der Waals surface area contributed by atoms with Crippen molar-refractivity contribution in [3.05, 3.63) is 61.8 Å². The molecule has 2 aromatic rings. The van der Waals surface area contributed by atoms with Gasteiger partial charge in [0.2, 0.25) is 0 Å². The predicted octanol–water partition coefficient (Wildman–Crippen LogP) is 4.60. The summed E-state index contributed by atoms with van der Waals surface area (Å²) < 4.78 is 20.1. The number of ether oxygens (including phenoxy) is 1. The number of hydrogen-bond acceptors (Lipinski definition) is 3. The molecule has 0 aromatic heterocycles. The van der Waals surface area contributed by atoms with Crippen molar-refractivity contribution < 1.29 is 13.9 Å². The van der Waals surface area contributed by atoms with E-state index in [1.165, 1.54) is 6.07 Å². The molecule has 0 amide bonds. The molecule has 6 heteroatoms. The van der Waals surface area contributed by atoms with Gasteiger partial charge in [-0.25, -0.2) is 9.18 Å². The number of halogens is 3. The van der Waals surface area contributed by atoms with E-state index >= 15 is 0 Å². The molecule has 2 N–H and O–H groups in total. The van der Waals surface area contributed by atoms with Crippen LogP contribution in [0.3, 0.4) is 0 Å². The molecule has 0 bridgehead atoms. The Balaban J connectivity index is 2.15. The number of hydrogen-bond donors (Lipinski definition) is 1. The number of nitrogen functional groups attached to an aromatic ring is 1. The summed E-state index contributed by atoms with van der Waals surface area (Å²) in [5.74, 6) is -0.967. The van der Waals surface area contributed by atoms with Crippen molar-refractivity contribution >= 4 is 43.5 Å². The van der Waals surface area contributed by atoms with E-state index in [4.69, 9.17) is 10.5 Å². The summed E-state index contributed by atoms with van der Waals surface area (Å²) in [5.41, 5.74) is 7.61. The fourth-order valence-electron chi connectivity index (χ4n) is 1.77. The second-order valence-corrected chi connectivity index (χ2v) is 6.31. The van der Waals surface area contributed by atoms with Crippen molar-refractivity contribution in [3.63, 3.8) is 0 Å². The lowest BCUT2D eigenvalue weighted by Gasteiger charge is -2.10. The molecule has 0 fully saturated rings. The standard InChI is InChI=1S/C15H12Br2FNO2/c1-8-12(4-11(17)6-14(8)19)15(20)21-7-9-2-3-10(16)5-13(9)18/h2-6H,7,19H2,1H3. The molecule has 110 valence electrons. The summed E-state index contributed by atoms with van der Waals surface area (Å²) >= 11 is 6.45. The lowest BCUT2D eigenvalue weighted by Crippen LogP contribution is -2.09. The van der Waals surface area contributed by atoms with Gasteiger partial charge in [-0.15, -0.1) is 0 Å². The molecule has 0 atom stereocenters. The normalized spacial score (nSPS) is 10.5. The third kappa shape index (κ3) is 3.83. The lowest BCUT2D eigenvalue weighted by molar-refractivity contribution is 0.0468. The van der Waals surface area contributed by atoms with E-state index in [1.54, 1.807) is 31.2 Å². The maximum Gasteiger partial charge on any atom is 0.338 e. The van der Waals surface area contributed by atoms with E-state index in [0.717, 1.165) is 0 Å². The molecule has 0 spiro atoms. The van der Waals surface area contributed by atoms with Gasteiger partial charge in [-0.05, 0) is 36.8 Å². The van der Waals surface area contributed by atoms with Crippen LogP contribution in [-0.2, 0) is 11.3 Å². The van der Waals surface area contributed by atoms with Crippen LogP contribution in [0.1, 0.15) is 21.5 Å². The van der Waals surface area contributed by atoms with E-state index in [2.05, 4.69) is 31.9 Å². The van der Waals surface area contributed by atoms with Crippen LogP contribution in [0.2, 0.25) is 0 Å². The molecule has 0 unspecified atom stereocenters. The van der Waals surface area contributed by atoms with Crippen LogP contribution in [0, 0.1) is 12.7 Å². The predicted molar refractivity (Wildman–Crippen MR) is 86.5 cm³/mol. The van der Waals surface area contributed by atoms with Crippen LogP contribution in [0.25, 0.3) is 0 Å². The van der Waals surface area contributed by atoms with Gasteiger partial charge in [0, 0.05) is 20.2 Å². The molecule has 2 aromatic carbocycles. The summed E-state index contributed by atoms with van der Waals surface area (Å²) in [7, 11) is 0. The van der Waals surface area contributed by atoms with Crippen molar-refractivity contribution in [3.8, 4) is 0 Å². The molecule has 0 aliphatic heterocycles. The zero-order valence-electron chi connectivity index (χ0n) is 11.1. The van der Waals surface area contributed by atoms with Gasteiger partial charge in [0.1, 0.15) is 12.4 Å². The van der Waals surface area contributed by atoms with E-state index in [1.807, 2.05) is 0 Å². The van der Waals surface area contributed by atoms with Gasteiger partial charge in [-0.3, -0.25) is 0 Å². The van der Waals surface area contributed by atoms with E-state index in [-0.39, 0.29) is 6.61 Å². The Morgan fingerprint density at radius 3 is 2.62 bits per heavy atom. The second kappa shape index (κ2) is 6.58. The van der Waals surface area contributed by atoms with E-state index in [9.17, 15) is 9.18 Å². The second-order valence-electron chi connectivity index (χ2n) is 4.48. The highest BCUT2D eigenvalue weighted by atomic mass is 79.9. The zero-order chi connectivity index (χ0) is 15.6. The fraction of sp³-hybridized carbons (Fsp3) is 0.133. The monoisotopic (exact) mass is 415 g/mol. The zero-order valence-corrected chi connectivity index (χ0v) is 14.3. The van der Waals surface area contributed by atoms with Crippen molar-refractivity contribution in [1.29, 1.82) is 0 Å². The van der Waals surface area contributed by atoms with Crippen molar-refractivity contribution in [2.45, 2.75) is 13.5 Å². The topological polar surface area (TPSA) is 52.3 Å². The van der Waals surface area contributed by atoms with Crippen LogP contribution in [0.4, 0.5) is 10.1 Å². The summed E-state index contributed by atoms with van der Waals surface area (Å²) in [4.78, 5) is 12.1. The lowest BCUT2D eigenvalue weighted by atomic mass is 10.1. The number of carbonyl (C=O) groups excluding carboxylic acids is 1. The van der Waals surface area contributed by atoms with Gasteiger partial charge in [-0.1, -0.05) is 37.9 Å². The molecule has 0 heterocycles. The Hall–Kier alpha value is -1.40. The molecule has 3 nitrogen and oxygen atoms in total. The number of nitrogens with two attached hydrogens (primary N) is 1. The molecular formula is C15H12Br2FNO2. The SMILES string of the molecule is Cc1c(N)cc(Br)cc1C(=O)OCc1ccc(Br)cc1F. The molecule has 0 aliphatic carbocycles. The Morgan fingerprint density at radius 2 is 1.95 bits per heavy atom. The first-order valence-corrected chi connectivity index (χ1v) is 7.63. The average molecular weight is 417 g/mol. The molecule has 2 rings (SSSR count). The van der Waals surface area contributed by atoms with E-state index in [0.29, 0.717) is 31.3 Å². The van der Waals surface area contributed by atoms with Crippen LogP contribution in [-0.4, -0.2) is 5.97 Å². The Morgan fingerprint density at radius 1 is 1.24 bits per heavy atom. The van der Waals surface area contributed by atoms with Crippen LogP contribution in [0.5, 0.6) is 0 Å². The summed E-state index contributed by atoms with van der Waals surface area (Å²) in [5, 5.41) is 0. The molecule has 0 aliphatic rings. The molecule has 0 radical (unpaired) electrons. The maximum absolute atomic E-state index is 13.7. The maximum atomic E-state index is 13.7. The molecule has 0 saturated carbocycles. The molecule has 0 saturated heterocycles. The number of anilines is 1. The van der Waals surface area contributed by atoms with Crippen molar-refractivity contribution in [1.82, 2.24) is 0 Å². The first-order valence-electron chi connectivity index (χ1n) is 6.05. The van der Waals surface area contributed by atoms with Crippen LogP contribution >= 0.6 is 31.9 Å². The van der Waals surface area contributed by atoms with Crippen molar-refractivity contribution in [2.24, 2.45) is 0 Å². The number of esters is 1. The minimum absolute atomic E-state index is 0.135. The minimum Gasteiger partial charge on any atom is -0.457 e. The number of carbonyl (C=O) groups is 1. The van der Waals surface area contributed by atoms with Crippen molar-refractivity contribution in [2.75, 3.05) is 5.73 Å². The average Bonchev–Trinajstić information content (AvgIpc) is 2.41. The summed E-state index contributed by atoms with van der Waals surface area (Å²) in [6, 6.07) is 7.92. The summed E-state index contributed by atoms with van der Waals surface area (Å²) in [6.45, 7) is 1.60. The third-order valence-corrected chi connectivity index (χ3v) is 3.96. The third-order valence-electron chi connectivity index (χ3n) is 3.01. The van der Waals surface area contributed by atoms with Gasteiger partial charge in [0.15, 0.2) is 0 Å². The van der Waals surface area contributed by atoms with Gasteiger partial charge < -0.3 is 10.5 Å². The van der Waals surface area contributed by atoms with Crippen LogP contribution in [0.15, 0.2) is 39.3 Å². The van der Waals surface area contributed by atoms with Gasteiger partial charge >= 0.3 is 5.97 Å². The Bertz CT molecular complexity index is 704. The Kier molecular flexibility index (Phi) is 5.00.